The number of para-hydroxylation sites is 1. The second kappa shape index (κ2) is 5.92. The third-order valence-corrected chi connectivity index (χ3v) is 8.54. The molecule has 0 unspecified atom stereocenters. The van der Waals surface area contributed by atoms with Crippen molar-refractivity contribution in [2.45, 2.75) is 43.7 Å². The lowest BCUT2D eigenvalue weighted by atomic mass is 9.51. The summed E-state index contributed by atoms with van der Waals surface area (Å²) in [6.07, 6.45) is 3.23. The Morgan fingerprint density at radius 1 is 1.13 bits per heavy atom. The lowest BCUT2D eigenvalue weighted by Gasteiger charge is -2.57. The Bertz CT molecular complexity index is 1220. The topological polar surface area (TPSA) is 39.5 Å². The molecule has 2 aliphatic carbocycles. The van der Waals surface area contributed by atoms with Gasteiger partial charge < -0.3 is 14.4 Å². The standard InChI is InChI=1S/C26H27N3O2/c1-15-18-14-19-20-13-16-9-10-21(30-3)24-22(16)26(19,11-12-28(20)2)25(31-24)23(18)27-29(15)17-7-5-4-6-8-17/h4-10,19-20,25H,11-14H2,1-3H3/t19-,20-,25-,26-/m0/s1. The number of piperidine rings is 1. The first kappa shape index (κ1) is 17.8. The van der Waals surface area contributed by atoms with Gasteiger partial charge >= 0.3 is 0 Å². The van der Waals surface area contributed by atoms with Gasteiger partial charge in [0.2, 0.25) is 0 Å². The number of nitrogens with zero attached hydrogens (tertiary/aromatic N) is 3. The highest BCUT2D eigenvalue weighted by atomic mass is 16.5. The predicted octanol–water partition coefficient (Wildman–Crippen LogP) is 3.99. The van der Waals surface area contributed by atoms with Gasteiger partial charge in [0.15, 0.2) is 17.6 Å². The van der Waals surface area contributed by atoms with E-state index in [1.807, 2.05) is 0 Å². The van der Waals surface area contributed by atoms with Gasteiger partial charge in [-0.05, 0) is 69.5 Å². The van der Waals surface area contributed by atoms with Gasteiger partial charge in [0.1, 0.15) is 5.69 Å². The number of methoxy groups -OCH3 is 1. The van der Waals surface area contributed by atoms with Gasteiger partial charge in [-0.3, -0.25) is 0 Å². The zero-order chi connectivity index (χ0) is 20.9. The second-order valence-corrected chi connectivity index (χ2v) is 9.68. The predicted molar refractivity (Wildman–Crippen MR) is 118 cm³/mol. The van der Waals surface area contributed by atoms with Crippen molar-refractivity contribution in [2.24, 2.45) is 5.92 Å². The first-order valence-corrected chi connectivity index (χ1v) is 11.3. The molecule has 1 fully saturated rings. The van der Waals surface area contributed by atoms with Crippen LogP contribution in [0.1, 0.15) is 40.6 Å². The number of rotatable bonds is 2. The van der Waals surface area contributed by atoms with Gasteiger partial charge in [-0.25, -0.2) is 4.68 Å². The van der Waals surface area contributed by atoms with Crippen LogP contribution in [0.25, 0.3) is 5.69 Å². The molecule has 2 aliphatic heterocycles. The number of likely N-dealkylation sites (N-methyl/N-ethyl adjacent to an activating group) is 1. The average Bonchev–Trinajstić information content (AvgIpc) is 3.31. The Morgan fingerprint density at radius 3 is 2.77 bits per heavy atom. The summed E-state index contributed by atoms with van der Waals surface area (Å²) >= 11 is 0. The van der Waals surface area contributed by atoms with Gasteiger partial charge in [-0.15, -0.1) is 0 Å². The molecule has 5 nitrogen and oxygen atoms in total. The van der Waals surface area contributed by atoms with E-state index in [0.717, 1.165) is 48.7 Å². The monoisotopic (exact) mass is 413 g/mol. The maximum atomic E-state index is 6.85. The third-order valence-electron chi connectivity index (χ3n) is 8.54. The van der Waals surface area contributed by atoms with E-state index in [4.69, 9.17) is 14.6 Å². The average molecular weight is 414 g/mol. The van der Waals surface area contributed by atoms with Crippen molar-refractivity contribution in [3.05, 3.63) is 70.5 Å². The number of hydrogen-bond acceptors (Lipinski definition) is 4. The van der Waals surface area contributed by atoms with Crippen LogP contribution in [0, 0.1) is 12.8 Å². The molecule has 0 amide bonds. The molecule has 2 bridgehead atoms. The summed E-state index contributed by atoms with van der Waals surface area (Å²) in [5, 5.41) is 5.19. The molecule has 31 heavy (non-hydrogen) atoms. The first-order valence-electron chi connectivity index (χ1n) is 11.3. The van der Waals surface area contributed by atoms with E-state index in [0.29, 0.717) is 12.0 Å². The first-order chi connectivity index (χ1) is 15.1. The van der Waals surface area contributed by atoms with Gasteiger partial charge in [0, 0.05) is 28.3 Å². The van der Waals surface area contributed by atoms with Crippen LogP contribution < -0.4 is 9.47 Å². The van der Waals surface area contributed by atoms with Crippen molar-refractivity contribution < 1.29 is 9.47 Å². The quantitative estimate of drug-likeness (QED) is 0.637. The Labute approximate surface area is 182 Å². The summed E-state index contributed by atoms with van der Waals surface area (Å²) in [4.78, 5) is 2.58. The number of ether oxygens (including phenoxy) is 2. The SMILES string of the molecule is COc1ccc2c3c1O[C@H]1c4nn(-c5ccccc5)c(C)c4C[C@H]4[C@H](C2)N(C)CC[C@]314. The molecular formula is C26H27N3O2. The summed E-state index contributed by atoms with van der Waals surface area (Å²) in [6.45, 7) is 3.32. The summed E-state index contributed by atoms with van der Waals surface area (Å²) in [5.74, 6) is 2.37. The van der Waals surface area contributed by atoms with E-state index in [1.54, 1.807) is 7.11 Å². The van der Waals surface area contributed by atoms with Crippen LogP contribution >= 0.6 is 0 Å². The van der Waals surface area contributed by atoms with Crippen molar-refractivity contribution in [3.8, 4) is 17.2 Å². The maximum absolute atomic E-state index is 6.85. The van der Waals surface area contributed by atoms with E-state index >= 15 is 0 Å². The Hall–Kier alpha value is -2.79. The van der Waals surface area contributed by atoms with Crippen LogP contribution in [-0.2, 0) is 18.3 Å². The molecule has 158 valence electrons. The zero-order valence-electron chi connectivity index (χ0n) is 18.3. The summed E-state index contributed by atoms with van der Waals surface area (Å²) in [5.41, 5.74) is 7.73. The lowest BCUT2D eigenvalue weighted by Crippen LogP contribution is -2.62. The number of fused-ring (bicyclic) bond motifs is 2. The van der Waals surface area contributed by atoms with Gasteiger partial charge in [-0.1, -0.05) is 24.3 Å². The van der Waals surface area contributed by atoms with E-state index < -0.39 is 0 Å². The molecule has 1 spiro atoms. The molecule has 1 saturated heterocycles. The van der Waals surface area contributed by atoms with Gasteiger partial charge in [-0.2, -0.15) is 5.10 Å². The van der Waals surface area contributed by atoms with Crippen LogP contribution in [0.2, 0.25) is 0 Å². The molecule has 7 rings (SSSR count). The minimum atomic E-state index is -0.0357. The van der Waals surface area contributed by atoms with E-state index in [1.165, 1.54) is 22.4 Å². The van der Waals surface area contributed by atoms with E-state index in [9.17, 15) is 0 Å². The molecule has 5 heteroatoms. The summed E-state index contributed by atoms with van der Waals surface area (Å²) in [7, 11) is 4.05. The van der Waals surface area contributed by atoms with E-state index in [-0.39, 0.29) is 11.5 Å². The molecule has 3 aromatic rings. The number of benzene rings is 2. The zero-order valence-corrected chi connectivity index (χ0v) is 18.3. The van der Waals surface area contributed by atoms with Crippen LogP contribution in [-0.4, -0.2) is 41.4 Å². The Kier molecular flexibility index (Phi) is 3.41. The lowest BCUT2D eigenvalue weighted by molar-refractivity contribution is -0.0257. The van der Waals surface area contributed by atoms with Crippen LogP contribution in [0.5, 0.6) is 11.5 Å². The molecule has 3 heterocycles. The molecule has 0 N–H and O–H groups in total. The number of likely N-dealkylation sites (tertiary alicyclic amines) is 1. The number of aromatic nitrogens is 2. The molecule has 1 aromatic heterocycles. The summed E-state index contributed by atoms with van der Waals surface area (Å²) in [6, 6.07) is 15.4. The van der Waals surface area contributed by atoms with Crippen LogP contribution in [0.4, 0.5) is 0 Å². The molecule has 4 atom stereocenters. The van der Waals surface area contributed by atoms with Gasteiger partial charge in [0.25, 0.3) is 0 Å². The van der Waals surface area contributed by atoms with E-state index in [2.05, 4.69) is 66.0 Å². The molecular weight excluding hydrogens is 386 g/mol. The Morgan fingerprint density at radius 2 is 1.97 bits per heavy atom. The minimum absolute atomic E-state index is 0.00391. The molecule has 2 aromatic carbocycles. The fraction of sp³-hybridized carbons (Fsp3) is 0.423. The highest BCUT2D eigenvalue weighted by Gasteiger charge is 2.65. The van der Waals surface area contributed by atoms with Crippen molar-refractivity contribution in [1.29, 1.82) is 0 Å². The van der Waals surface area contributed by atoms with Crippen molar-refractivity contribution >= 4 is 0 Å². The van der Waals surface area contributed by atoms with Crippen LogP contribution in [0.15, 0.2) is 42.5 Å². The van der Waals surface area contributed by atoms with Crippen LogP contribution in [0.3, 0.4) is 0 Å². The number of hydrogen-bond donors (Lipinski definition) is 0. The van der Waals surface area contributed by atoms with Crippen molar-refractivity contribution in [3.63, 3.8) is 0 Å². The third kappa shape index (κ3) is 2.03. The highest BCUT2D eigenvalue weighted by Crippen LogP contribution is 2.67. The fourth-order valence-electron chi connectivity index (χ4n) is 7.12. The normalized spacial score (nSPS) is 29.8. The summed E-state index contributed by atoms with van der Waals surface area (Å²) < 4.78 is 14.7. The largest absolute Gasteiger partial charge is 0.493 e. The Balaban J connectivity index is 1.49. The fourth-order valence-corrected chi connectivity index (χ4v) is 7.12. The minimum Gasteiger partial charge on any atom is -0.493 e. The van der Waals surface area contributed by atoms with Gasteiger partial charge in [0.05, 0.1) is 12.8 Å². The smallest absolute Gasteiger partial charge is 0.166 e. The molecule has 0 radical (unpaired) electrons. The second-order valence-electron chi connectivity index (χ2n) is 9.68. The molecule has 0 saturated carbocycles. The van der Waals surface area contributed by atoms with Crippen molar-refractivity contribution in [2.75, 3.05) is 20.7 Å². The molecule has 4 aliphatic rings. The highest BCUT2D eigenvalue weighted by molar-refractivity contribution is 5.63. The van der Waals surface area contributed by atoms with Crippen molar-refractivity contribution in [1.82, 2.24) is 14.7 Å². The maximum Gasteiger partial charge on any atom is 0.166 e.